The van der Waals surface area contributed by atoms with Crippen LogP contribution in [0.25, 0.3) is 0 Å². The van der Waals surface area contributed by atoms with Crippen LogP contribution in [-0.2, 0) is 21.2 Å². The van der Waals surface area contributed by atoms with Crippen molar-refractivity contribution in [2.45, 2.75) is 18.6 Å². The van der Waals surface area contributed by atoms with Crippen LogP contribution in [0.15, 0.2) is 12.1 Å². The van der Waals surface area contributed by atoms with Crippen molar-refractivity contribution >= 4 is 25.4 Å². The molecule has 1 aromatic rings. The molecule has 0 aliphatic carbocycles. The lowest BCUT2D eigenvalue weighted by atomic mass is 9.98. The van der Waals surface area contributed by atoms with Gasteiger partial charge in [-0.25, -0.2) is 8.42 Å². The second-order valence-electron chi connectivity index (χ2n) is 4.46. The van der Waals surface area contributed by atoms with Crippen LogP contribution in [0.1, 0.15) is 17.5 Å². The molecule has 0 atom stereocenters. The summed E-state index contributed by atoms with van der Waals surface area (Å²) in [6.45, 7) is 1.00. The summed E-state index contributed by atoms with van der Waals surface area (Å²) in [7, 11) is 5.33. The number of anilines is 1. The maximum atomic E-state index is 11.2. The molecular weight excluding hydrogens is 274 g/mol. The standard InChI is InChI=1S/C12H16ClNO3S/c1-14-7-3-4-10-11(14)6-5-9(12(10)17-2)8-18(13,15)16/h5-6H,3-4,7-8H2,1-2H3. The Balaban J connectivity index is 2.51. The van der Waals surface area contributed by atoms with Crippen molar-refractivity contribution in [1.82, 2.24) is 0 Å². The molecule has 100 valence electrons. The van der Waals surface area contributed by atoms with E-state index in [9.17, 15) is 8.42 Å². The fourth-order valence-electron chi connectivity index (χ4n) is 2.43. The van der Waals surface area contributed by atoms with E-state index < -0.39 is 9.05 Å². The number of fused-ring (bicyclic) bond motifs is 1. The van der Waals surface area contributed by atoms with Gasteiger partial charge in [-0.3, -0.25) is 0 Å². The predicted octanol–water partition coefficient (Wildman–Crippen LogP) is 2.15. The van der Waals surface area contributed by atoms with Gasteiger partial charge in [0.1, 0.15) is 5.75 Å². The summed E-state index contributed by atoms with van der Waals surface area (Å²) in [5.74, 6) is 0.456. The topological polar surface area (TPSA) is 46.6 Å². The summed E-state index contributed by atoms with van der Waals surface area (Å²) in [6, 6.07) is 3.72. The summed E-state index contributed by atoms with van der Waals surface area (Å²) in [4.78, 5) is 2.15. The highest BCUT2D eigenvalue weighted by atomic mass is 35.7. The summed E-state index contributed by atoms with van der Waals surface area (Å²) in [5, 5.41) is 0. The Labute approximate surface area is 112 Å². The zero-order valence-corrected chi connectivity index (χ0v) is 12.0. The van der Waals surface area contributed by atoms with Gasteiger partial charge in [-0.05, 0) is 18.9 Å². The van der Waals surface area contributed by atoms with E-state index in [1.807, 2.05) is 13.1 Å². The molecule has 0 amide bonds. The zero-order valence-electron chi connectivity index (χ0n) is 10.4. The van der Waals surface area contributed by atoms with Crippen LogP contribution in [-0.4, -0.2) is 29.1 Å². The fourth-order valence-corrected chi connectivity index (χ4v) is 3.38. The fraction of sp³-hybridized carbons (Fsp3) is 0.500. The third-order valence-electron chi connectivity index (χ3n) is 3.18. The van der Waals surface area contributed by atoms with Crippen molar-refractivity contribution in [3.63, 3.8) is 0 Å². The van der Waals surface area contributed by atoms with Crippen LogP contribution in [0, 0.1) is 0 Å². The van der Waals surface area contributed by atoms with E-state index in [-0.39, 0.29) is 5.75 Å². The zero-order chi connectivity index (χ0) is 13.3. The molecule has 2 rings (SSSR count). The SMILES string of the molecule is COc1c(CS(=O)(=O)Cl)ccc2c1CCCN2C. The third-order valence-corrected chi connectivity index (χ3v) is 4.16. The van der Waals surface area contributed by atoms with Gasteiger partial charge in [0, 0.05) is 41.1 Å². The molecule has 1 aliphatic heterocycles. The van der Waals surface area contributed by atoms with E-state index in [1.165, 1.54) is 0 Å². The lowest BCUT2D eigenvalue weighted by molar-refractivity contribution is 0.404. The smallest absolute Gasteiger partial charge is 0.236 e. The monoisotopic (exact) mass is 289 g/mol. The van der Waals surface area contributed by atoms with Crippen LogP contribution in [0.4, 0.5) is 5.69 Å². The van der Waals surface area contributed by atoms with Gasteiger partial charge >= 0.3 is 0 Å². The Morgan fingerprint density at radius 3 is 2.78 bits per heavy atom. The van der Waals surface area contributed by atoms with Crippen molar-refractivity contribution in [3.05, 3.63) is 23.3 Å². The van der Waals surface area contributed by atoms with Crippen LogP contribution in [0.5, 0.6) is 5.75 Å². The van der Waals surface area contributed by atoms with E-state index in [0.29, 0.717) is 11.3 Å². The molecule has 0 saturated carbocycles. The summed E-state index contributed by atoms with van der Waals surface area (Å²) in [6.07, 6.45) is 1.94. The van der Waals surface area contributed by atoms with E-state index in [2.05, 4.69) is 4.90 Å². The normalized spacial score (nSPS) is 15.4. The number of hydrogen-bond acceptors (Lipinski definition) is 4. The predicted molar refractivity (Wildman–Crippen MR) is 73.1 cm³/mol. The Kier molecular flexibility index (Phi) is 3.73. The second-order valence-corrected chi connectivity index (χ2v) is 7.24. The second kappa shape index (κ2) is 4.97. The highest BCUT2D eigenvalue weighted by Crippen LogP contribution is 2.37. The average Bonchev–Trinajstić information content (AvgIpc) is 2.27. The van der Waals surface area contributed by atoms with E-state index in [0.717, 1.165) is 30.6 Å². The number of nitrogens with zero attached hydrogens (tertiary/aromatic N) is 1. The Hall–Kier alpha value is -0.940. The van der Waals surface area contributed by atoms with Crippen molar-refractivity contribution in [3.8, 4) is 5.75 Å². The van der Waals surface area contributed by atoms with Gasteiger partial charge in [0.25, 0.3) is 0 Å². The van der Waals surface area contributed by atoms with E-state index >= 15 is 0 Å². The van der Waals surface area contributed by atoms with Crippen molar-refractivity contribution in [2.75, 3.05) is 25.6 Å². The highest BCUT2D eigenvalue weighted by molar-refractivity contribution is 8.13. The molecular formula is C12H16ClNO3S. The number of rotatable bonds is 3. The number of methoxy groups -OCH3 is 1. The number of ether oxygens (including phenoxy) is 1. The van der Waals surface area contributed by atoms with Crippen molar-refractivity contribution in [2.24, 2.45) is 0 Å². The van der Waals surface area contributed by atoms with Crippen LogP contribution < -0.4 is 9.64 Å². The largest absolute Gasteiger partial charge is 0.496 e. The number of hydrogen-bond donors (Lipinski definition) is 0. The molecule has 1 aliphatic rings. The lowest BCUT2D eigenvalue weighted by Gasteiger charge is -2.29. The molecule has 0 aromatic heterocycles. The Morgan fingerprint density at radius 2 is 2.17 bits per heavy atom. The minimum Gasteiger partial charge on any atom is -0.496 e. The van der Waals surface area contributed by atoms with Crippen molar-refractivity contribution < 1.29 is 13.2 Å². The first-order valence-corrected chi connectivity index (χ1v) is 8.22. The van der Waals surface area contributed by atoms with Gasteiger partial charge in [-0.1, -0.05) is 6.07 Å². The van der Waals surface area contributed by atoms with E-state index in [4.69, 9.17) is 15.4 Å². The van der Waals surface area contributed by atoms with Gasteiger partial charge in [0.05, 0.1) is 12.9 Å². The summed E-state index contributed by atoms with van der Waals surface area (Å²) >= 11 is 0. The van der Waals surface area contributed by atoms with Gasteiger partial charge < -0.3 is 9.64 Å². The number of halogens is 1. The van der Waals surface area contributed by atoms with Crippen LogP contribution >= 0.6 is 10.7 Å². The maximum absolute atomic E-state index is 11.2. The first kappa shape index (κ1) is 13.5. The summed E-state index contributed by atoms with van der Waals surface area (Å²) in [5.41, 5.74) is 2.81. The van der Waals surface area contributed by atoms with Gasteiger partial charge in [-0.2, -0.15) is 0 Å². The first-order valence-electron chi connectivity index (χ1n) is 5.74. The van der Waals surface area contributed by atoms with Crippen molar-refractivity contribution in [1.29, 1.82) is 0 Å². The summed E-state index contributed by atoms with van der Waals surface area (Å²) < 4.78 is 27.8. The van der Waals surface area contributed by atoms with Gasteiger partial charge in [-0.15, -0.1) is 0 Å². The molecule has 0 unspecified atom stereocenters. The average molecular weight is 290 g/mol. The molecule has 1 heterocycles. The molecule has 0 bridgehead atoms. The minimum absolute atomic E-state index is 0.200. The molecule has 0 N–H and O–H groups in total. The molecule has 0 radical (unpaired) electrons. The molecule has 0 saturated heterocycles. The van der Waals surface area contributed by atoms with E-state index in [1.54, 1.807) is 13.2 Å². The minimum atomic E-state index is -3.57. The quantitative estimate of drug-likeness (QED) is 0.800. The molecule has 1 aromatic carbocycles. The van der Waals surface area contributed by atoms with Crippen LogP contribution in [0.2, 0.25) is 0 Å². The maximum Gasteiger partial charge on any atom is 0.236 e. The van der Waals surface area contributed by atoms with Crippen LogP contribution in [0.3, 0.4) is 0 Å². The Morgan fingerprint density at radius 1 is 1.44 bits per heavy atom. The molecule has 18 heavy (non-hydrogen) atoms. The third kappa shape index (κ3) is 2.72. The highest BCUT2D eigenvalue weighted by Gasteiger charge is 2.22. The van der Waals surface area contributed by atoms with Gasteiger partial charge in [0.15, 0.2) is 0 Å². The first-order chi connectivity index (χ1) is 8.42. The number of benzene rings is 1. The molecule has 6 heteroatoms. The lowest BCUT2D eigenvalue weighted by Crippen LogP contribution is -2.25. The molecule has 0 fully saturated rings. The molecule has 4 nitrogen and oxygen atoms in total. The van der Waals surface area contributed by atoms with Gasteiger partial charge in [0.2, 0.25) is 9.05 Å². The Bertz CT molecular complexity index is 557. The molecule has 0 spiro atoms.